The molecule has 2 fully saturated rings. The Balaban J connectivity index is 1.29. The molecule has 0 radical (unpaired) electrons. The number of anilines is 2. The highest BCUT2D eigenvalue weighted by Crippen LogP contribution is 2.38. The molecule has 0 unspecified atom stereocenters. The molecule has 0 saturated carbocycles. The lowest BCUT2D eigenvalue weighted by Gasteiger charge is -2.35. The summed E-state index contributed by atoms with van der Waals surface area (Å²) in [5.74, 6) is 3.80. The fourth-order valence-electron chi connectivity index (χ4n) is 5.60. The molecule has 3 aliphatic rings. The normalized spacial score (nSPS) is 24.0. The van der Waals surface area contributed by atoms with Crippen LogP contribution in [-0.2, 0) is 11.3 Å². The van der Waals surface area contributed by atoms with E-state index in [0.29, 0.717) is 24.1 Å². The number of hydrogen-bond donors (Lipinski definition) is 2. The zero-order chi connectivity index (χ0) is 23.8. The molecule has 0 bridgehead atoms. The van der Waals surface area contributed by atoms with Crippen LogP contribution < -0.4 is 10.2 Å². The lowest BCUT2D eigenvalue weighted by Crippen LogP contribution is -2.36. The maximum Gasteiger partial charge on any atom is 0.226 e. The van der Waals surface area contributed by atoms with E-state index < -0.39 is 0 Å². The molecule has 0 aliphatic carbocycles. The van der Waals surface area contributed by atoms with Crippen LogP contribution in [0, 0.1) is 0 Å². The second-order valence-electron chi connectivity index (χ2n) is 10.5. The third kappa shape index (κ3) is 4.68. The van der Waals surface area contributed by atoms with Gasteiger partial charge in [0.2, 0.25) is 5.91 Å². The zero-order valence-electron chi connectivity index (χ0n) is 20.6. The molecule has 2 aromatic rings. The number of aliphatic hydroxyl groups is 1. The van der Waals surface area contributed by atoms with Gasteiger partial charge in [0.25, 0.3) is 0 Å². The lowest BCUT2D eigenvalue weighted by molar-refractivity contribution is -0.116. The Morgan fingerprint density at radius 3 is 2.65 bits per heavy atom. The molecule has 2 saturated heterocycles. The molecule has 5 rings (SSSR count). The van der Waals surface area contributed by atoms with Gasteiger partial charge in [0, 0.05) is 63.4 Å². The first-order valence-electron chi connectivity index (χ1n) is 12.8. The fourth-order valence-corrected chi connectivity index (χ4v) is 5.60. The van der Waals surface area contributed by atoms with Gasteiger partial charge in [-0.25, -0.2) is 15.0 Å². The summed E-state index contributed by atoms with van der Waals surface area (Å²) in [4.78, 5) is 30.7. The summed E-state index contributed by atoms with van der Waals surface area (Å²) in [6.45, 7) is 11.9. The van der Waals surface area contributed by atoms with Gasteiger partial charge in [-0.15, -0.1) is 0 Å². The standard InChI is InChI=1S/C25H37N7O2/c1-16(2)20-14-32(11-10-30-7-6-19(33)13-30)24(28-20)18-4-8-31(9-5-18)25-22-17(3)12-21(34)29-23(22)26-15-27-25/h14-19,33H,4-13H2,1-3H3,(H,26,27,29,34)/t17-,19-/m1/s1. The van der Waals surface area contributed by atoms with Crippen LogP contribution in [0.25, 0.3) is 0 Å². The van der Waals surface area contributed by atoms with Crippen LogP contribution in [0.1, 0.15) is 81.3 Å². The van der Waals surface area contributed by atoms with Gasteiger partial charge in [0.05, 0.1) is 11.8 Å². The number of carbonyl (C=O) groups is 1. The van der Waals surface area contributed by atoms with Gasteiger partial charge in [0.15, 0.2) is 0 Å². The van der Waals surface area contributed by atoms with Gasteiger partial charge in [-0.05, 0) is 31.1 Å². The second-order valence-corrected chi connectivity index (χ2v) is 10.5. The SMILES string of the molecule is CC(C)c1cn(CCN2CC[C@@H](O)C2)c(C2CCN(c3ncnc4c3[C@H](C)CC(=O)N4)CC2)n1. The number of carbonyl (C=O) groups excluding carboxylic acids is 1. The predicted molar refractivity (Wildman–Crippen MR) is 131 cm³/mol. The Morgan fingerprint density at radius 1 is 1.15 bits per heavy atom. The molecule has 34 heavy (non-hydrogen) atoms. The van der Waals surface area contributed by atoms with Crippen LogP contribution in [0.5, 0.6) is 0 Å². The first-order chi connectivity index (χ1) is 16.4. The van der Waals surface area contributed by atoms with Crippen molar-refractivity contribution in [3.63, 3.8) is 0 Å². The van der Waals surface area contributed by atoms with E-state index in [-0.39, 0.29) is 17.9 Å². The van der Waals surface area contributed by atoms with Gasteiger partial charge >= 0.3 is 0 Å². The number of nitrogens with zero attached hydrogens (tertiary/aromatic N) is 6. The molecule has 9 nitrogen and oxygen atoms in total. The number of aliphatic hydroxyl groups excluding tert-OH is 1. The summed E-state index contributed by atoms with van der Waals surface area (Å²) in [5, 5.41) is 12.8. The maximum absolute atomic E-state index is 11.9. The summed E-state index contributed by atoms with van der Waals surface area (Å²) in [6.07, 6.45) is 7.03. The zero-order valence-corrected chi connectivity index (χ0v) is 20.6. The number of β-amino-alcohol motifs (C(OH)–C–C–N with tert-alkyl or cyclic N) is 1. The van der Waals surface area contributed by atoms with Crippen molar-refractivity contribution >= 4 is 17.5 Å². The van der Waals surface area contributed by atoms with Gasteiger partial charge in [0.1, 0.15) is 23.8 Å². The van der Waals surface area contributed by atoms with Crippen LogP contribution in [0.15, 0.2) is 12.5 Å². The van der Waals surface area contributed by atoms with Crippen LogP contribution in [-0.4, -0.2) is 74.3 Å². The third-order valence-corrected chi connectivity index (χ3v) is 7.59. The molecule has 0 aromatic carbocycles. The van der Waals surface area contributed by atoms with Crippen LogP contribution >= 0.6 is 0 Å². The Labute approximate surface area is 201 Å². The van der Waals surface area contributed by atoms with Gasteiger partial charge in [-0.1, -0.05) is 20.8 Å². The monoisotopic (exact) mass is 467 g/mol. The molecule has 0 spiro atoms. The van der Waals surface area contributed by atoms with E-state index in [2.05, 4.69) is 56.6 Å². The van der Waals surface area contributed by atoms with Crippen LogP contribution in [0.3, 0.4) is 0 Å². The van der Waals surface area contributed by atoms with Crippen molar-refractivity contribution in [2.24, 2.45) is 0 Å². The van der Waals surface area contributed by atoms with Crippen molar-refractivity contribution in [1.82, 2.24) is 24.4 Å². The summed E-state index contributed by atoms with van der Waals surface area (Å²) in [5.41, 5.74) is 2.23. The first kappa shape index (κ1) is 23.2. The Kier molecular flexibility index (Phi) is 6.57. The molecule has 2 aromatic heterocycles. The van der Waals surface area contributed by atoms with Gasteiger partial charge in [-0.3, -0.25) is 9.69 Å². The number of nitrogens with one attached hydrogen (secondary N) is 1. The number of imidazole rings is 1. The quantitative estimate of drug-likeness (QED) is 0.674. The minimum Gasteiger partial charge on any atom is -0.392 e. The van der Waals surface area contributed by atoms with Crippen molar-refractivity contribution < 1.29 is 9.90 Å². The van der Waals surface area contributed by atoms with E-state index in [0.717, 1.165) is 75.6 Å². The highest BCUT2D eigenvalue weighted by Gasteiger charge is 2.32. The second kappa shape index (κ2) is 9.62. The van der Waals surface area contributed by atoms with E-state index in [1.807, 2.05) is 0 Å². The third-order valence-electron chi connectivity index (χ3n) is 7.59. The predicted octanol–water partition coefficient (Wildman–Crippen LogP) is 2.69. The Bertz CT molecular complexity index is 1030. The number of amides is 1. The van der Waals surface area contributed by atoms with E-state index in [1.54, 1.807) is 6.33 Å². The van der Waals surface area contributed by atoms with Crippen molar-refractivity contribution in [1.29, 1.82) is 0 Å². The highest BCUT2D eigenvalue weighted by atomic mass is 16.3. The lowest BCUT2D eigenvalue weighted by atomic mass is 9.92. The van der Waals surface area contributed by atoms with Crippen molar-refractivity contribution in [3.05, 3.63) is 29.6 Å². The maximum atomic E-state index is 11.9. The largest absolute Gasteiger partial charge is 0.392 e. The summed E-state index contributed by atoms with van der Waals surface area (Å²) in [6, 6.07) is 0. The minimum atomic E-state index is -0.179. The van der Waals surface area contributed by atoms with Crippen LogP contribution in [0.2, 0.25) is 0 Å². The summed E-state index contributed by atoms with van der Waals surface area (Å²) < 4.78 is 2.37. The number of piperidine rings is 1. The average molecular weight is 468 g/mol. The van der Waals surface area contributed by atoms with Crippen LogP contribution in [0.4, 0.5) is 11.6 Å². The minimum absolute atomic E-state index is 0.0274. The van der Waals surface area contributed by atoms with Crippen molar-refractivity contribution in [2.75, 3.05) is 42.9 Å². The molecule has 1 amide bonds. The fraction of sp³-hybridized carbons (Fsp3) is 0.680. The average Bonchev–Trinajstić information content (AvgIpc) is 3.43. The number of likely N-dealkylation sites (tertiary alicyclic amines) is 1. The van der Waals surface area contributed by atoms with E-state index in [1.165, 1.54) is 5.82 Å². The van der Waals surface area contributed by atoms with E-state index in [4.69, 9.17) is 4.98 Å². The van der Waals surface area contributed by atoms with Crippen molar-refractivity contribution in [3.8, 4) is 0 Å². The molecule has 184 valence electrons. The molecular formula is C25H37N7O2. The van der Waals surface area contributed by atoms with E-state index in [9.17, 15) is 9.90 Å². The molecule has 2 atom stereocenters. The molecule has 3 aliphatic heterocycles. The molecule has 2 N–H and O–H groups in total. The number of rotatable bonds is 6. The van der Waals surface area contributed by atoms with Crippen molar-refractivity contribution in [2.45, 2.75) is 76.9 Å². The molecule has 5 heterocycles. The summed E-state index contributed by atoms with van der Waals surface area (Å²) >= 11 is 0. The summed E-state index contributed by atoms with van der Waals surface area (Å²) in [7, 11) is 0. The number of aromatic nitrogens is 4. The molecule has 9 heteroatoms. The van der Waals surface area contributed by atoms with Gasteiger partial charge < -0.3 is 19.9 Å². The first-order valence-corrected chi connectivity index (χ1v) is 12.8. The Hall–Kier alpha value is -2.52. The topological polar surface area (TPSA) is 99.4 Å². The smallest absolute Gasteiger partial charge is 0.226 e. The molecular weight excluding hydrogens is 430 g/mol. The van der Waals surface area contributed by atoms with E-state index >= 15 is 0 Å². The Morgan fingerprint density at radius 2 is 1.94 bits per heavy atom. The highest BCUT2D eigenvalue weighted by molar-refractivity contribution is 5.94. The number of fused-ring (bicyclic) bond motifs is 1. The number of hydrogen-bond acceptors (Lipinski definition) is 7. The van der Waals surface area contributed by atoms with Gasteiger partial charge in [-0.2, -0.15) is 0 Å².